The van der Waals surface area contributed by atoms with Crippen LogP contribution in [0, 0.1) is 5.63 Å². The van der Waals surface area contributed by atoms with Gasteiger partial charge in [0.2, 0.25) is 5.63 Å². The number of hydrogen-bond acceptors (Lipinski definition) is 0. The molecule has 0 saturated carbocycles. The van der Waals surface area contributed by atoms with Crippen molar-refractivity contribution < 1.29 is 4.39 Å². The van der Waals surface area contributed by atoms with Crippen LogP contribution >= 0.6 is 11.6 Å². The molecule has 0 bridgehead atoms. The second-order valence-corrected chi connectivity index (χ2v) is 2.41. The Kier molecular flexibility index (Phi) is 2.69. The van der Waals surface area contributed by atoms with Gasteiger partial charge in [0.25, 0.3) is 0 Å². The Morgan fingerprint density at radius 2 is 1.90 bits per heavy atom. The fraction of sp³-hybridized carbons (Fsp3) is 0.125. The van der Waals surface area contributed by atoms with Crippen LogP contribution in [0.2, 0.25) is 0 Å². The summed E-state index contributed by atoms with van der Waals surface area (Å²) in [7, 11) is 0. The second kappa shape index (κ2) is 3.57. The van der Waals surface area contributed by atoms with Crippen LogP contribution in [0.3, 0.4) is 0 Å². The first kappa shape index (κ1) is 7.55. The standard InChI is InChI=1S/C8H7ClF/c9-8(10)6-7-4-2-1-3-5-7/h1-5H,6H2. The van der Waals surface area contributed by atoms with Crippen LogP contribution in [0.1, 0.15) is 5.56 Å². The molecule has 0 amide bonds. The van der Waals surface area contributed by atoms with Gasteiger partial charge in [-0.2, -0.15) is 0 Å². The normalized spacial score (nSPS) is 10.3. The van der Waals surface area contributed by atoms with Crippen molar-refractivity contribution >= 4 is 11.6 Å². The smallest absolute Gasteiger partial charge is 0.221 e. The summed E-state index contributed by atoms with van der Waals surface area (Å²) in [5, 5.41) is 0. The minimum atomic E-state index is -0.564. The van der Waals surface area contributed by atoms with Crippen LogP contribution in [-0.2, 0) is 6.42 Å². The molecule has 0 unspecified atom stereocenters. The van der Waals surface area contributed by atoms with Gasteiger partial charge in [0, 0.05) is 6.42 Å². The third-order valence-corrected chi connectivity index (χ3v) is 1.31. The third kappa shape index (κ3) is 2.36. The molecule has 1 aromatic rings. The van der Waals surface area contributed by atoms with Crippen molar-refractivity contribution in [2.24, 2.45) is 0 Å². The van der Waals surface area contributed by atoms with E-state index < -0.39 is 5.63 Å². The monoisotopic (exact) mass is 157 g/mol. The summed E-state index contributed by atoms with van der Waals surface area (Å²) in [5.41, 5.74) is 0.334. The Hall–Kier alpha value is -0.560. The van der Waals surface area contributed by atoms with Gasteiger partial charge in [-0.05, 0) is 5.56 Å². The highest BCUT2D eigenvalue weighted by molar-refractivity contribution is 6.25. The summed E-state index contributed by atoms with van der Waals surface area (Å²) >= 11 is 5.06. The maximum Gasteiger partial charge on any atom is 0.235 e. The molecule has 0 atom stereocenters. The summed E-state index contributed by atoms with van der Waals surface area (Å²) in [4.78, 5) is 0. The quantitative estimate of drug-likeness (QED) is 0.619. The summed E-state index contributed by atoms with van der Waals surface area (Å²) in [6, 6.07) is 9.27. The average Bonchev–Trinajstić information content (AvgIpc) is 1.88. The predicted molar refractivity (Wildman–Crippen MR) is 40.4 cm³/mol. The number of rotatable bonds is 2. The lowest BCUT2D eigenvalue weighted by Gasteiger charge is -1.96. The van der Waals surface area contributed by atoms with Crippen LogP contribution in [0.4, 0.5) is 4.39 Å². The number of benzene rings is 1. The van der Waals surface area contributed by atoms with E-state index in [0.717, 1.165) is 5.56 Å². The molecule has 0 aromatic heterocycles. The maximum absolute atomic E-state index is 12.1. The molecule has 0 spiro atoms. The molecule has 0 saturated heterocycles. The Morgan fingerprint density at radius 1 is 1.30 bits per heavy atom. The van der Waals surface area contributed by atoms with Gasteiger partial charge in [-0.1, -0.05) is 41.9 Å². The lowest BCUT2D eigenvalue weighted by atomic mass is 10.2. The zero-order valence-electron chi connectivity index (χ0n) is 5.35. The second-order valence-electron chi connectivity index (χ2n) is 2.00. The molecular formula is C8H7ClF. The van der Waals surface area contributed by atoms with Crippen LogP contribution in [0.25, 0.3) is 0 Å². The van der Waals surface area contributed by atoms with Crippen molar-refractivity contribution in [2.45, 2.75) is 6.42 Å². The fourth-order valence-electron chi connectivity index (χ4n) is 0.750. The molecule has 1 radical (unpaired) electrons. The predicted octanol–water partition coefficient (Wildman–Crippen LogP) is 2.93. The molecule has 0 heterocycles. The number of hydrogen-bond donors (Lipinski definition) is 0. The van der Waals surface area contributed by atoms with E-state index in [1.807, 2.05) is 30.3 Å². The summed E-state index contributed by atoms with van der Waals surface area (Å²) in [6.45, 7) is 0. The van der Waals surface area contributed by atoms with Crippen molar-refractivity contribution in [3.05, 3.63) is 41.5 Å². The van der Waals surface area contributed by atoms with Gasteiger partial charge in [-0.3, -0.25) is 0 Å². The molecule has 0 nitrogen and oxygen atoms in total. The number of halogens is 2. The molecular weight excluding hydrogens is 151 g/mol. The zero-order chi connectivity index (χ0) is 7.40. The highest BCUT2D eigenvalue weighted by Crippen LogP contribution is 2.14. The molecule has 0 N–H and O–H groups in total. The van der Waals surface area contributed by atoms with Crippen LogP contribution in [0.5, 0.6) is 0 Å². The lowest BCUT2D eigenvalue weighted by Crippen LogP contribution is -1.85. The molecule has 1 rings (SSSR count). The first-order chi connectivity index (χ1) is 4.79. The topological polar surface area (TPSA) is 0 Å². The Morgan fingerprint density at radius 3 is 2.40 bits per heavy atom. The van der Waals surface area contributed by atoms with Crippen molar-refractivity contribution in [2.75, 3.05) is 0 Å². The van der Waals surface area contributed by atoms with Gasteiger partial charge in [0.05, 0.1) is 0 Å². The van der Waals surface area contributed by atoms with Gasteiger partial charge in [-0.25, -0.2) is 4.39 Å². The molecule has 1 aromatic carbocycles. The summed E-state index contributed by atoms with van der Waals surface area (Å²) in [6.07, 6.45) is 0.211. The van der Waals surface area contributed by atoms with Gasteiger partial charge >= 0.3 is 0 Å². The minimum Gasteiger partial charge on any atom is -0.221 e. The molecule has 0 aliphatic carbocycles. The summed E-state index contributed by atoms with van der Waals surface area (Å²) in [5.74, 6) is 0. The average molecular weight is 158 g/mol. The Bertz CT molecular complexity index is 184. The summed E-state index contributed by atoms with van der Waals surface area (Å²) < 4.78 is 12.1. The highest BCUT2D eigenvalue weighted by atomic mass is 35.5. The molecule has 0 fully saturated rings. The largest absolute Gasteiger partial charge is 0.235 e. The van der Waals surface area contributed by atoms with E-state index >= 15 is 0 Å². The maximum atomic E-state index is 12.1. The van der Waals surface area contributed by atoms with Gasteiger partial charge in [0.1, 0.15) is 0 Å². The first-order valence-corrected chi connectivity index (χ1v) is 3.37. The Labute approximate surface area is 64.6 Å². The SMILES string of the molecule is F[C](Cl)Cc1ccccc1. The van der Waals surface area contributed by atoms with Crippen molar-refractivity contribution in [3.8, 4) is 0 Å². The van der Waals surface area contributed by atoms with Crippen molar-refractivity contribution in [3.63, 3.8) is 0 Å². The first-order valence-electron chi connectivity index (χ1n) is 3.00. The molecule has 10 heavy (non-hydrogen) atoms. The van der Waals surface area contributed by atoms with Crippen molar-refractivity contribution in [1.29, 1.82) is 0 Å². The van der Waals surface area contributed by atoms with Gasteiger partial charge in [-0.15, -0.1) is 0 Å². The molecule has 0 aliphatic rings. The van der Waals surface area contributed by atoms with E-state index in [1.54, 1.807) is 0 Å². The van der Waals surface area contributed by atoms with Crippen LogP contribution in [0.15, 0.2) is 30.3 Å². The molecule has 53 valence electrons. The minimum absolute atomic E-state index is 0.211. The van der Waals surface area contributed by atoms with E-state index in [9.17, 15) is 4.39 Å². The van der Waals surface area contributed by atoms with Crippen LogP contribution in [-0.4, -0.2) is 0 Å². The third-order valence-electron chi connectivity index (χ3n) is 1.18. The zero-order valence-corrected chi connectivity index (χ0v) is 6.11. The van der Waals surface area contributed by atoms with Crippen LogP contribution < -0.4 is 0 Å². The highest BCUT2D eigenvalue weighted by Gasteiger charge is 2.02. The van der Waals surface area contributed by atoms with Crippen molar-refractivity contribution in [1.82, 2.24) is 0 Å². The van der Waals surface area contributed by atoms with Gasteiger partial charge in [0.15, 0.2) is 0 Å². The van der Waals surface area contributed by atoms with E-state index in [4.69, 9.17) is 11.6 Å². The van der Waals surface area contributed by atoms with E-state index in [1.165, 1.54) is 0 Å². The molecule has 2 heteroatoms. The van der Waals surface area contributed by atoms with E-state index in [-0.39, 0.29) is 6.42 Å². The Balaban J connectivity index is 2.59. The van der Waals surface area contributed by atoms with E-state index in [2.05, 4.69) is 0 Å². The van der Waals surface area contributed by atoms with E-state index in [0.29, 0.717) is 0 Å². The lowest BCUT2D eigenvalue weighted by molar-refractivity contribution is 0.562. The molecule has 0 aliphatic heterocycles. The van der Waals surface area contributed by atoms with Gasteiger partial charge < -0.3 is 0 Å². The fourth-order valence-corrected chi connectivity index (χ4v) is 0.904.